The van der Waals surface area contributed by atoms with Gasteiger partial charge in [-0.3, -0.25) is 0 Å². The molecule has 0 saturated heterocycles. The second-order valence-electron chi connectivity index (χ2n) is 5.44. The van der Waals surface area contributed by atoms with Crippen LogP contribution < -0.4 is 5.32 Å². The molecule has 0 amide bonds. The molecule has 0 aliphatic carbocycles. The number of nitrogens with zero attached hydrogens (tertiary/aromatic N) is 1. The number of aromatic nitrogens is 1. The molecule has 1 heterocycles. The topological polar surface area (TPSA) is 24.9 Å². The number of hydrogen-bond acceptors (Lipinski definition) is 3. The first-order valence-electron chi connectivity index (χ1n) is 7.20. The van der Waals surface area contributed by atoms with Crippen LogP contribution in [0.15, 0.2) is 59.2 Å². The van der Waals surface area contributed by atoms with Crippen LogP contribution in [0.2, 0.25) is 0 Å². The minimum atomic E-state index is 0.554. The van der Waals surface area contributed by atoms with Crippen molar-refractivity contribution in [1.82, 2.24) is 4.98 Å². The Morgan fingerprint density at radius 1 is 1.00 bits per heavy atom. The van der Waals surface area contributed by atoms with Crippen LogP contribution >= 0.6 is 27.3 Å². The van der Waals surface area contributed by atoms with Gasteiger partial charge in [0.05, 0.1) is 4.88 Å². The molecule has 3 rings (SSSR count). The lowest BCUT2D eigenvalue weighted by Gasteiger charge is -2.07. The fourth-order valence-corrected chi connectivity index (χ4v) is 3.26. The lowest BCUT2D eigenvalue weighted by molar-refractivity contribution is 0.867. The monoisotopic (exact) mass is 372 g/mol. The zero-order valence-electron chi connectivity index (χ0n) is 12.5. The number of nitrogens with one attached hydrogen (secondary N) is 1. The molecule has 0 aliphatic rings. The normalized spacial score (nSPS) is 10.9. The van der Waals surface area contributed by atoms with Gasteiger partial charge in [-0.25, -0.2) is 4.98 Å². The Morgan fingerprint density at radius 3 is 2.32 bits per heavy atom. The third-order valence-electron chi connectivity index (χ3n) is 3.46. The molecule has 2 nitrogen and oxygen atoms in total. The van der Waals surface area contributed by atoms with E-state index >= 15 is 0 Å². The van der Waals surface area contributed by atoms with E-state index in [1.54, 1.807) is 11.3 Å². The molecule has 112 valence electrons. The van der Waals surface area contributed by atoms with E-state index in [1.807, 2.05) is 18.3 Å². The summed E-state index contributed by atoms with van der Waals surface area (Å²) < 4.78 is 1.09. The van der Waals surface area contributed by atoms with Crippen LogP contribution in [0.25, 0.3) is 10.4 Å². The highest BCUT2D eigenvalue weighted by Crippen LogP contribution is 2.31. The second-order valence-corrected chi connectivity index (χ2v) is 7.38. The summed E-state index contributed by atoms with van der Waals surface area (Å²) in [6.45, 7) is 4.40. The van der Waals surface area contributed by atoms with Crippen molar-refractivity contribution < 1.29 is 0 Å². The molecule has 0 aliphatic heterocycles. The van der Waals surface area contributed by atoms with Gasteiger partial charge in [0.25, 0.3) is 0 Å². The highest BCUT2D eigenvalue weighted by Gasteiger charge is 2.05. The van der Waals surface area contributed by atoms with Gasteiger partial charge in [0.1, 0.15) is 0 Å². The minimum Gasteiger partial charge on any atom is -0.332 e. The van der Waals surface area contributed by atoms with Crippen molar-refractivity contribution in [2.75, 3.05) is 5.32 Å². The number of rotatable bonds is 4. The summed E-state index contributed by atoms with van der Waals surface area (Å²) in [5.74, 6) is 0.554. The number of halogens is 1. The molecule has 0 atom stereocenters. The fourth-order valence-electron chi connectivity index (χ4n) is 2.15. The van der Waals surface area contributed by atoms with Crippen molar-refractivity contribution in [2.45, 2.75) is 19.8 Å². The molecule has 1 N–H and O–H groups in total. The number of anilines is 2. The molecule has 3 aromatic rings. The first-order valence-corrected chi connectivity index (χ1v) is 8.81. The van der Waals surface area contributed by atoms with Crippen molar-refractivity contribution in [3.63, 3.8) is 0 Å². The van der Waals surface area contributed by atoms with E-state index in [2.05, 4.69) is 76.5 Å². The highest BCUT2D eigenvalue weighted by molar-refractivity contribution is 9.10. The van der Waals surface area contributed by atoms with Gasteiger partial charge in [-0.15, -0.1) is 0 Å². The van der Waals surface area contributed by atoms with E-state index < -0.39 is 0 Å². The molecule has 4 heteroatoms. The van der Waals surface area contributed by atoms with Crippen molar-refractivity contribution in [1.29, 1.82) is 0 Å². The summed E-state index contributed by atoms with van der Waals surface area (Å²) in [7, 11) is 0. The summed E-state index contributed by atoms with van der Waals surface area (Å²) in [6.07, 6.45) is 1.92. The molecule has 22 heavy (non-hydrogen) atoms. The van der Waals surface area contributed by atoms with Crippen LogP contribution in [-0.4, -0.2) is 4.98 Å². The quantitative estimate of drug-likeness (QED) is 0.569. The molecular formula is C18H17BrN2S. The van der Waals surface area contributed by atoms with Crippen LogP contribution in [0.5, 0.6) is 0 Å². The Kier molecular flexibility index (Phi) is 4.60. The summed E-state index contributed by atoms with van der Waals surface area (Å²) in [5, 5.41) is 4.28. The Morgan fingerprint density at radius 2 is 1.68 bits per heavy atom. The zero-order chi connectivity index (χ0) is 15.5. The Balaban J connectivity index is 1.75. The van der Waals surface area contributed by atoms with E-state index in [1.165, 1.54) is 11.1 Å². The predicted molar refractivity (Wildman–Crippen MR) is 99.1 cm³/mol. The molecule has 0 fully saturated rings. The minimum absolute atomic E-state index is 0.554. The maximum Gasteiger partial charge on any atom is 0.187 e. The highest BCUT2D eigenvalue weighted by atomic mass is 79.9. The standard InChI is InChI=1S/C18H17BrN2S/c1-12(2)13-5-9-16(10-6-13)21-18-20-11-17(22-18)14-3-7-15(19)8-4-14/h3-12H,1-2H3,(H,20,21). The van der Waals surface area contributed by atoms with Gasteiger partial charge in [-0.2, -0.15) is 0 Å². The van der Waals surface area contributed by atoms with Crippen molar-refractivity contribution in [3.8, 4) is 10.4 Å². The Labute approximate surface area is 143 Å². The summed E-state index contributed by atoms with van der Waals surface area (Å²) in [5.41, 5.74) is 3.60. The molecule has 0 radical (unpaired) electrons. The Bertz CT molecular complexity index is 746. The third-order valence-corrected chi connectivity index (χ3v) is 4.95. The predicted octanol–water partition coefficient (Wildman–Crippen LogP) is 6.44. The number of hydrogen-bond donors (Lipinski definition) is 1. The summed E-state index contributed by atoms with van der Waals surface area (Å²) in [6, 6.07) is 16.8. The molecular weight excluding hydrogens is 356 g/mol. The molecule has 0 spiro atoms. The molecule has 2 aromatic carbocycles. The van der Waals surface area contributed by atoms with Gasteiger partial charge in [0, 0.05) is 16.4 Å². The van der Waals surface area contributed by atoms with Gasteiger partial charge in [0.2, 0.25) is 0 Å². The maximum absolute atomic E-state index is 4.46. The number of thiazole rings is 1. The molecule has 1 aromatic heterocycles. The summed E-state index contributed by atoms with van der Waals surface area (Å²) >= 11 is 5.12. The van der Waals surface area contributed by atoms with Gasteiger partial charge in [-0.05, 0) is 41.3 Å². The van der Waals surface area contributed by atoms with Crippen molar-refractivity contribution >= 4 is 38.1 Å². The first kappa shape index (κ1) is 15.3. The van der Waals surface area contributed by atoms with E-state index in [9.17, 15) is 0 Å². The first-order chi connectivity index (χ1) is 10.6. The van der Waals surface area contributed by atoms with Gasteiger partial charge in [0.15, 0.2) is 5.13 Å². The van der Waals surface area contributed by atoms with Gasteiger partial charge < -0.3 is 5.32 Å². The van der Waals surface area contributed by atoms with Crippen LogP contribution in [0, 0.1) is 0 Å². The van der Waals surface area contributed by atoms with Crippen LogP contribution in [0.1, 0.15) is 25.3 Å². The maximum atomic E-state index is 4.46. The van der Waals surface area contributed by atoms with E-state index in [4.69, 9.17) is 0 Å². The smallest absolute Gasteiger partial charge is 0.187 e. The average Bonchev–Trinajstić information content (AvgIpc) is 2.97. The van der Waals surface area contributed by atoms with Crippen LogP contribution in [0.3, 0.4) is 0 Å². The fraction of sp³-hybridized carbons (Fsp3) is 0.167. The lowest BCUT2D eigenvalue weighted by atomic mass is 10.0. The number of benzene rings is 2. The van der Waals surface area contributed by atoms with E-state index in [0.717, 1.165) is 20.2 Å². The van der Waals surface area contributed by atoms with Gasteiger partial charge in [-0.1, -0.05) is 65.4 Å². The van der Waals surface area contributed by atoms with E-state index in [0.29, 0.717) is 5.92 Å². The van der Waals surface area contributed by atoms with Crippen molar-refractivity contribution in [3.05, 3.63) is 64.8 Å². The third kappa shape index (κ3) is 3.57. The molecule has 0 unspecified atom stereocenters. The lowest BCUT2D eigenvalue weighted by Crippen LogP contribution is -1.91. The zero-order valence-corrected chi connectivity index (χ0v) is 14.9. The van der Waals surface area contributed by atoms with Crippen LogP contribution in [-0.2, 0) is 0 Å². The molecule has 0 saturated carbocycles. The van der Waals surface area contributed by atoms with Gasteiger partial charge >= 0.3 is 0 Å². The second kappa shape index (κ2) is 6.63. The Hall–Kier alpha value is -1.65. The van der Waals surface area contributed by atoms with Crippen molar-refractivity contribution in [2.24, 2.45) is 0 Å². The average molecular weight is 373 g/mol. The molecule has 0 bridgehead atoms. The largest absolute Gasteiger partial charge is 0.332 e. The SMILES string of the molecule is CC(C)c1ccc(Nc2ncc(-c3ccc(Br)cc3)s2)cc1. The van der Waals surface area contributed by atoms with E-state index in [-0.39, 0.29) is 0 Å². The summed E-state index contributed by atoms with van der Waals surface area (Å²) in [4.78, 5) is 5.62. The van der Waals surface area contributed by atoms with Crippen LogP contribution in [0.4, 0.5) is 10.8 Å².